The Morgan fingerprint density at radius 1 is 1.36 bits per heavy atom. The Morgan fingerprint density at radius 2 is 2.29 bits per heavy atom. The van der Waals surface area contributed by atoms with Gasteiger partial charge in [0, 0.05) is 25.7 Å². The smallest absolute Gasteiger partial charge is 0.0958 e. The summed E-state index contributed by atoms with van der Waals surface area (Å²) in [5.74, 6) is 0.774. The molecule has 0 radical (unpaired) electrons. The molecule has 0 bridgehead atoms. The fraction of sp³-hybridized carbons (Fsp3) is 0.667. The van der Waals surface area contributed by atoms with Crippen LogP contribution in [0.1, 0.15) is 19.3 Å². The number of nitrogens with zero attached hydrogens (tertiary/aromatic N) is 4. The number of likely N-dealkylation sites (tertiary alicyclic amines) is 1. The summed E-state index contributed by atoms with van der Waals surface area (Å²) < 4.78 is 1.81. The van der Waals surface area contributed by atoms with Gasteiger partial charge >= 0.3 is 0 Å². The minimum atomic E-state index is 0.774. The van der Waals surface area contributed by atoms with Crippen LogP contribution in [-0.2, 0) is 6.54 Å². The first-order chi connectivity index (χ1) is 6.86. The van der Waals surface area contributed by atoms with Crippen molar-refractivity contribution >= 4 is 5.84 Å². The van der Waals surface area contributed by atoms with E-state index in [2.05, 4.69) is 15.2 Å². The number of rotatable bonds is 3. The highest BCUT2D eigenvalue weighted by atomic mass is 15.4. The molecular formula is C9H15N5. The van der Waals surface area contributed by atoms with Crippen LogP contribution in [0.15, 0.2) is 12.4 Å². The molecule has 0 saturated carbocycles. The number of aromatic nitrogens is 3. The van der Waals surface area contributed by atoms with Crippen molar-refractivity contribution in [1.82, 2.24) is 19.9 Å². The van der Waals surface area contributed by atoms with E-state index < -0.39 is 0 Å². The van der Waals surface area contributed by atoms with Crippen molar-refractivity contribution in [3.63, 3.8) is 0 Å². The van der Waals surface area contributed by atoms with Gasteiger partial charge in [0.25, 0.3) is 0 Å². The molecule has 1 saturated heterocycles. The molecule has 1 aromatic heterocycles. The molecule has 0 amide bonds. The fourth-order valence-electron chi connectivity index (χ4n) is 1.71. The van der Waals surface area contributed by atoms with Crippen LogP contribution in [0.5, 0.6) is 0 Å². The lowest BCUT2D eigenvalue weighted by molar-refractivity contribution is 0.342. The summed E-state index contributed by atoms with van der Waals surface area (Å²) in [6.07, 6.45) is 6.84. The van der Waals surface area contributed by atoms with Gasteiger partial charge in [0.2, 0.25) is 0 Å². The van der Waals surface area contributed by atoms with Crippen LogP contribution in [0.4, 0.5) is 0 Å². The maximum atomic E-state index is 7.76. The van der Waals surface area contributed by atoms with Gasteiger partial charge in [0.15, 0.2) is 0 Å². The highest BCUT2D eigenvalue weighted by Gasteiger charge is 2.13. The molecule has 1 N–H and O–H groups in total. The molecule has 2 rings (SSSR count). The third-order valence-corrected chi connectivity index (χ3v) is 2.54. The first-order valence-electron chi connectivity index (χ1n) is 5.03. The molecule has 76 valence electrons. The average molecular weight is 193 g/mol. The topological polar surface area (TPSA) is 57.8 Å². The number of piperidine rings is 1. The van der Waals surface area contributed by atoms with Gasteiger partial charge in [-0.25, -0.2) is 0 Å². The highest BCUT2D eigenvalue weighted by molar-refractivity contribution is 5.79. The molecule has 0 atom stereocenters. The normalized spacial score (nSPS) is 17.4. The summed E-state index contributed by atoms with van der Waals surface area (Å²) in [6.45, 7) is 2.72. The Kier molecular flexibility index (Phi) is 2.76. The van der Waals surface area contributed by atoms with Crippen LogP contribution >= 0.6 is 0 Å². The predicted molar refractivity (Wildman–Crippen MR) is 53.2 cm³/mol. The Balaban J connectivity index is 1.82. The van der Waals surface area contributed by atoms with Gasteiger partial charge in [-0.15, -0.1) is 5.10 Å². The average Bonchev–Trinajstić information content (AvgIpc) is 2.69. The summed E-state index contributed by atoms with van der Waals surface area (Å²) >= 11 is 0. The third-order valence-electron chi connectivity index (χ3n) is 2.54. The molecule has 14 heavy (non-hydrogen) atoms. The molecule has 0 aromatic carbocycles. The lowest BCUT2D eigenvalue weighted by Gasteiger charge is -2.29. The van der Waals surface area contributed by atoms with E-state index in [0.29, 0.717) is 0 Å². The molecule has 5 nitrogen and oxygen atoms in total. The van der Waals surface area contributed by atoms with Crippen molar-refractivity contribution in [2.24, 2.45) is 0 Å². The molecule has 5 heteroatoms. The molecule has 2 heterocycles. The lowest BCUT2D eigenvalue weighted by Crippen LogP contribution is -2.37. The van der Waals surface area contributed by atoms with E-state index in [4.69, 9.17) is 5.41 Å². The first kappa shape index (κ1) is 9.18. The van der Waals surface area contributed by atoms with Crippen molar-refractivity contribution in [3.8, 4) is 0 Å². The number of hydrogen-bond acceptors (Lipinski definition) is 3. The van der Waals surface area contributed by atoms with Crippen LogP contribution in [-0.4, -0.2) is 38.8 Å². The van der Waals surface area contributed by atoms with Crippen LogP contribution in [0.2, 0.25) is 0 Å². The van der Waals surface area contributed by atoms with Crippen LogP contribution in [0.3, 0.4) is 0 Å². The van der Waals surface area contributed by atoms with E-state index in [-0.39, 0.29) is 0 Å². The van der Waals surface area contributed by atoms with Gasteiger partial charge in [0.1, 0.15) is 0 Å². The standard InChI is InChI=1S/C9H15N5/c10-9-3-1-2-5-13(9)7-8-14-6-4-11-12-14/h4,6,10H,1-3,5,7-8H2. The Hall–Kier alpha value is -1.39. The number of amidine groups is 1. The predicted octanol–water partition coefficient (Wildman–Crippen LogP) is 0.741. The van der Waals surface area contributed by atoms with Gasteiger partial charge in [-0.1, -0.05) is 5.21 Å². The Labute approximate surface area is 83.2 Å². The van der Waals surface area contributed by atoms with Gasteiger partial charge in [-0.05, 0) is 12.8 Å². The number of hydrogen-bond donors (Lipinski definition) is 1. The Bertz CT molecular complexity index is 292. The van der Waals surface area contributed by atoms with Gasteiger partial charge in [-0.3, -0.25) is 10.1 Å². The molecule has 0 aliphatic carbocycles. The minimum Gasteiger partial charge on any atom is -0.359 e. The molecule has 1 fully saturated rings. The molecule has 1 aliphatic heterocycles. The monoisotopic (exact) mass is 193 g/mol. The van der Waals surface area contributed by atoms with E-state index in [1.165, 1.54) is 12.8 Å². The minimum absolute atomic E-state index is 0.774. The quantitative estimate of drug-likeness (QED) is 0.770. The molecule has 0 spiro atoms. The maximum Gasteiger partial charge on any atom is 0.0958 e. The van der Waals surface area contributed by atoms with Crippen molar-refractivity contribution in [2.75, 3.05) is 13.1 Å². The van der Waals surface area contributed by atoms with Gasteiger partial charge in [0.05, 0.1) is 18.6 Å². The summed E-state index contributed by atoms with van der Waals surface area (Å²) in [6, 6.07) is 0. The zero-order valence-corrected chi connectivity index (χ0v) is 8.19. The zero-order valence-electron chi connectivity index (χ0n) is 8.19. The lowest BCUT2D eigenvalue weighted by atomic mass is 10.1. The zero-order chi connectivity index (χ0) is 9.80. The number of nitrogens with one attached hydrogen (secondary N) is 1. The second kappa shape index (κ2) is 4.21. The van der Waals surface area contributed by atoms with E-state index in [1.54, 1.807) is 6.20 Å². The second-order valence-corrected chi connectivity index (χ2v) is 3.56. The summed E-state index contributed by atoms with van der Waals surface area (Å²) in [5.41, 5.74) is 0. The summed E-state index contributed by atoms with van der Waals surface area (Å²) in [7, 11) is 0. The second-order valence-electron chi connectivity index (χ2n) is 3.56. The summed E-state index contributed by atoms with van der Waals surface area (Å²) in [4.78, 5) is 2.13. The summed E-state index contributed by atoms with van der Waals surface area (Å²) in [5, 5.41) is 15.4. The molecule has 1 aromatic rings. The largest absolute Gasteiger partial charge is 0.359 e. The van der Waals surface area contributed by atoms with Gasteiger partial charge < -0.3 is 4.90 Å². The maximum absolute atomic E-state index is 7.76. The van der Waals surface area contributed by atoms with E-state index in [1.807, 2.05) is 10.9 Å². The van der Waals surface area contributed by atoms with Crippen LogP contribution in [0.25, 0.3) is 0 Å². The third kappa shape index (κ3) is 2.10. The van der Waals surface area contributed by atoms with Crippen molar-refractivity contribution in [1.29, 1.82) is 5.41 Å². The van der Waals surface area contributed by atoms with Crippen molar-refractivity contribution in [2.45, 2.75) is 25.8 Å². The highest BCUT2D eigenvalue weighted by Crippen LogP contribution is 2.10. The van der Waals surface area contributed by atoms with E-state index in [9.17, 15) is 0 Å². The fourth-order valence-corrected chi connectivity index (χ4v) is 1.71. The van der Waals surface area contributed by atoms with E-state index in [0.717, 1.165) is 31.9 Å². The molecule has 1 aliphatic rings. The van der Waals surface area contributed by atoms with Crippen LogP contribution < -0.4 is 0 Å². The Morgan fingerprint density at radius 3 is 3.00 bits per heavy atom. The first-order valence-corrected chi connectivity index (χ1v) is 5.03. The van der Waals surface area contributed by atoms with Crippen LogP contribution in [0, 0.1) is 5.41 Å². The molecular weight excluding hydrogens is 178 g/mol. The van der Waals surface area contributed by atoms with Gasteiger partial charge in [-0.2, -0.15) is 0 Å². The SMILES string of the molecule is N=C1CCCCN1CCn1ccnn1. The van der Waals surface area contributed by atoms with Crippen molar-refractivity contribution < 1.29 is 0 Å². The van der Waals surface area contributed by atoms with Crippen molar-refractivity contribution in [3.05, 3.63) is 12.4 Å². The van der Waals surface area contributed by atoms with E-state index >= 15 is 0 Å². The molecule has 0 unspecified atom stereocenters.